The number of hydrogen-bond donors (Lipinski definition) is 1. The van der Waals surface area contributed by atoms with Crippen LogP contribution in [0.15, 0.2) is 36.7 Å². The van der Waals surface area contributed by atoms with Crippen molar-refractivity contribution in [3.8, 4) is 5.88 Å². The van der Waals surface area contributed by atoms with E-state index in [9.17, 15) is 0 Å². The van der Waals surface area contributed by atoms with Crippen molar-refractivity contribution in [1.82, 2.24) is 19.5 Å². The van der Waals surface area contributed by atoms with Gasteiger partial charge in [-0.2, -0.15) is 9.97 Å². The molecule has 0 radical (unpaired) electrons. The number of hydrogen-bond acceptors (Lipinski definition) is 5. The second-order valence-electron chi connectivity index (χ2n) is 5.24. The van der Waals surface area contributed by atoms with E-state index in [1.807, 2.05) is 43.6 Å². The zero-order valence-corrected chi connectivity index (χ0v) is 13.5. The van der Waals surface area contributed by atoms with Crippen molar-refractivity contribution < 1.29 is 4.74 Å². The molecule has 0 unspecified atom stereocenters. The molecule has 6 nitrogen and oxygen atoms in total. The van der Waals surface area contributed by atoms with E-state index in [0.29, 0.717) is 24.0 Å². The third-order valence-electron chi connectivity index (χ3n) is 3.50. The van der Waals surface area contributed by atoms with Crippen LogP contribution in [-0.4, -0.2) is 26.1 Å². The first-order valence-corrected chi connectivity index (χ1v) is 7.99. The maximum absolute atomic E-state index is 5.65. The topological polar surface area (TPSA) is 64.9 Å². The number of para-hydroxylation sites is 1. The van der Waals surface area contributed by atoms with Crippen LogP contribution in [0.3, 0.4) is 0 Å². The van der Waals surface area contributed by atoms with Gasteiger partial charge in [0.05, 0.1) is 12.9 Å². The zero-order valence-electron chi connectivity index (χ0n) is 13.5. The van der Waals surface area contributed by atoms with Crippen LogP contribution >= 0.6 is 0 Å². The highest BCUT2D eigenvalue weighted by atomic mass is 16.5. The molecule has 0 spiro atoms. The summed E-state index contributed by atoms with van der Waals surface area (Å²) in [7, 11) is 0. The predicted octanol–water partition coefficient (Wildman–Crippen LogP) is 3.77. The van der Waals surface area contributed by atoms with Crippen molar-refractivity contribution >= 4 is 22.8 Å². The maximum atomic E-state index is 5.65. The Bertz CT molecular complexity index is 769. The smallest absolute Gasteiger partial charge is 0.247 e. The molecule has 6 heteroatoms. The summed E-state index contributed by atoms with van der Waals surface area (Å²) in [4.78, 5) is 13.5. The molecule has 1 aromatic carbocycles. The number of aryl methyl sites for hydroxylation is 1. The van der Waals surface area contributed by atoms with Crippen LogP contribution in [0.25, 0.3) is 11.2 Å². The van der Waals surface area contributed by atoms with E-state index in [2.05, 4.69) is 31.8 Å². The number of nitrogens with zero attached hydrogens (tertiary/aromatic N) is 4. The van der Waals surface area contributed by atoms with Crippen molar-refractivity contribution in [2.45, 2.75) is 33.2 Å². The van der Waals surface area contributed by atoms with Crippen molar-refractivity contribution in [2.24, 2.45) is 0 Å². The molecule has 0 saturated carbocycles. The first kappa shape index (κ1) is 15.3. The highest BCUT2D eigenvalue weighted by Gasteiger charge is 2.14. The molecule has 120 valence electrons. The Kier molecular flexibility index (Phi) is 4.71. The van der Waals surface area contributed by atoms with Gasteiger partial charge in [0.1, 0.15) is 0 Å². The fourth-order valence-electron chi connectivity index (χ4n) is 2.35. The summed E-state index contributed by atoms with van der Waals surface area (Å²) >= 11 is 0. The van der Waals surface area contributed by atoms with Gasteiger partial charge in [-0.3, -0.25) is 0 Å². The Labute approximate surface area is 135 Å². The number of unbranched alkanes of at least 4 members (excludes halogenated alkanes) is 1. The summed E-state index contributed by atoms with van der Waals surface area (Å²) in [5.41, 5.74) is 2.45. The minimum absolute atomic E-state index is 0.519. The molecule has 0 aliphatic rings. The molecule has 2 aromatic heterocycles. The molecule has 3 rings (SSSR count). The number of anilines is 2. The number of nitrogens with one attached hydrogen (secondary N) is 1. The number of imidazole rings is 1. The summed E-state index contributed by atoms with van der Waals surface area (Å²) in [6, 6.07) is 9.86. The Morgan fingerprint density at radius 3 is 2.70 bits per heavy atom. The highest BCUT2D eigenvalue weighted by molar-refractivity contribution is 5.78. The SMILES string of the molecule is CCCCn1cnc2c(OCC)nc(Nc3ccccc3)nc21. The lowest BCUT2D eigenvalue weighted by Gasteiger charge is -2.09. The van der Waals surface area contributed by atoms with Gasteiger partial charge in [0.15, 0.2) is 11.2 Å². The van der Waals surface area contributed by atoms with Crippen LogP contribution in [0.2, 0.25) is 0 Å². The molecule has 3 aromatic rings. The largest absolute Gasteiger partial charge is 0.476 e. The highest BCUT2D eigenvalue weighted by Crippen LogP contribution is 2.24. The summed E-state index contributed by atoms with van der Waals surface area (Å²) in [6.45, 7) is 5.54. The molecule has 0 aliphatic carbocycles. The normalized spacial score (nSPS) is 10.9. The summed E-state index contributed by atoms with van der Waals surface area (Å²) in [5.74, 6) is 1.04. The Morgan fingerprint density at radius 2 is 1.96 bits per heavy atom. The van der Waals surface area contributed by atoms with Crippen molar-refractivity contribution in [2.75, 3.05) is 11.9 Å². The minimum Gasteiger partial charge on any atom is -0.476 e. The standard InChI is InChI=1S/C17H21N5O/c1-3-5-11-22-12-18-14-15(22)20-17(21-16(14)23-4-2)19-13-9-7-6-8-10-13/h6-10,12H,3-5,11H2,1-2H3,(H,19,20,21). The zero-order chi connectivity index (χ0) is 16.1. The number of aromatic nitrogens is 4. The van der Waals surface area contributed by atoms with E-state index in [-0.39, 0.29) is 0 Å². The third-order valence-corrected chi connectivity index (χ3v) is 3.50. The third kappa shape index (κ3) is 3.41. The molecule has 0 bridgehead atoms. The van der Waals surface area contributed by atoms with Crippen LogP contribution in [0, 0.1) is 0 Å². The molecule has 1 N–H and O–H groups in total. The van der Waals surface area contributed by atoms with Crippen LogP contribution in [-0.2, 0) is 6.54 Å². The summed E-state index contributed by atoms with van der Waals surface area (Å²) in [6.07, 6.45) is 4.02. The van der Waals surface area contributed by atoms with Gasteiger partial charge in [0.25, 0.3) is 0 Å². The van der Waals surface area contributed by atoms with Gasteiger partial charge in [-0.25, -0.2) is 4.98 Å². The number of ether oxygens (including phenoxy) is 1. The van der Waals surface area contributed by atoms with Gasteiger partial charge in [-0.1, -0.05) is 31.5 Å². The van der Waals surface area contributed by atoms with Gasteiger partial charge in [-0.15, -0.1) is 0 Å². The Hall–Kier alpha value is -2.63. The quantitative estimate of drug-likeness (QED) is 0.719. The number of benzene rings is 1. The maximum Gasteiger partial charge on any atom is 0.247 e. The molecule has 0 saturated heterocycles. The Morgan fingerprint density at radius 1 is 1.13 bits per heavy atom. The summed E-state index contributed by atoms with van der Waals surface area (Å²) in [5, 5.41) is 3.22. The van der Waals surface area contributed by atoms with Crippen LogP contribution in [0.5, 0.6) is 5.88 Å². The van der Waals surface area contributed by atoms with Crippen LogP contribution in [0.1, 0.15) is 26.7 Å². The van der Waals surface area contributed by atoms with Gasteiger partial charge < -0.3 is 14.6 Å². The fourth-order valence-corrected chi connectivity index (χ4v) is 2.35. The van der Waals surface area contributed by atoms with Gasteiger partial charge in [-0.05, 0) is 25.5 Å². The van der Waals surface area contributed by atoms with E-state index in [1.54, 1.807) is 0 Å². The monoisotopic (exact) mass is 311 g/mol. The van der Waals surface area contributed by atoms with Gasteiger partial charge in [0, 0.05) is 12.2 Å². The van der Waals surface area contributed by atoms with E-state index in [0.717, 1.165) is 30.7 Å². The second kappa shape index (κ2) is 7.09. The molecule has 0 fully saturated rings. The van der Waals surface area contributed by atoms with Crippen LogP contribution in [0.4, 0.5) is 11.6 Å². The van der Waals surface area contributed by atoms with Crippen molar-refractivity contribution in [1.29, 1.82) is 0 Å². The Balaban J connectivity index is 2.00. The van der Waals surface area contributed by atoms with Gasteiger partial charge in [0.2, 0.25) is 11.8 Å². The lowest BCUT2D eigenvalue weighted by molar-refractivity contribution is 0.330. The van der Waals surface area contributed by atoms with Crippen molar-refractivity contribution in [3.05, 3.63) is 36.7 Å². The lowest BCUT2D eigenvalue weighted by Crippen LogP contribution is -2.04. The van der Waals surface area contributed by atoms with E-state index in [1.165, 1.54) is 0 Å². The first-order chi connectivity index (χ1) is 11.3. The lowest BCUT2D eigenvalue weighted by atomic mass is 10.3. The molecule has 0 aliphatic heterocycles. The number of rotatable bonds is 7. The van der Waals surface area contributed by atoms with Crippen LogP contribution < -0.4 is 10.1 Å². The minimum atomic E-state index is 0.519. The summed E-state index contributed by atoms with van der Waals surface area (Å²) < 4.78 is 7.70. The molecule has 0 amide bonds. The molecular weight excluding hydrogens is 290 g/mol. The van der Waals surface area contributed by atoms with E-state index < -0.39 is 0 Å². The second-order valence-corrected chi connectivity index (χ2v) is 5.24. The van der Waals surface area contributed by atoms with Gasteiger partial charge >= 0.3 is 0 Å². The molecule has 2 heterocycles. The van der Waals surface area contributed by atoms with E-state index >= 15 is 0 Å². The molecule has 0 atom stereocenters. The average molecular weight is 311 g/mol. The fraction of sp³-hybridized carbons (Fsp3) is 0.353. The van der Waals surface area contributed by atoms with Crippen molar-refractivity contribution in [3.63, 3.8) is 0 Å². The average Bonchev–Trinajstić information content (AvgIpc) is 2.97. The van der Waals surface area contributed by atoms with E-state index in [4.69, 9.17) is 4.74 Å². The molecular formula is C17H21N5O. The number of fused-ring (bicyclic) bond motifs is 1. The first-order valence-electron chi connectivity index (χ1n) is 7.99. The molecule has 23 heavy (non-hydrogen) atoms. The predicted molar refractivity (Wildman–Crippen MR) is 91.1 cm³/mol.